The summed E-state index contributed by atoms with van der Waals surface area (Å²) in [6, 6.07) is 11.4. The lowest BCUT2D eigenvalue weighted by molar-refractivity contribution is -0.128. The van der Waals surface area contributed by atoms with E-state index in [1.165, 1.54) is 18.2 Å². The second-order valence-electron chi connectivity index (χ2n) is 7.77. The van der Waals surface area contributed by atoms with E-state index in [0.29, 0.717) is 30.0 Å². The first-order valence-corrected chi connectivity index (χ1v) is 11.5. The van der Waals surface area contributed by atoms with Gasteiger partial charge >= 0.3 is 11.6 Å². The second kappa shape index (κ2) is 12.4. The zero-order chi connectivity index (χ0) is 25.2. The highest BCUT2D eigenvalue weighted by Gasteiger charge is 2.14. The highest BCUT2D eigenvalue weighted by atomic mass is 16.5. The normalized spacial score (nSPS) is 10.9. The van der Waals surface area contributed by atoms with Crippen molar-refractivity contribution in [1.82, 2.24) is 5.32 Å². The van der Waals surface area contributed by atoms with Gasteiger partial charge in [-0.3, -0.25) is 4.79 Å². The number of amides is 1. The number of benzene rings is 2. The minimum Gasteiger partial charge on any atom is -0.493 e. The zero-order valence-corrected chi connectivity index (χ0v) is 20.1. The summed E-state index contributed by atoms with van der Waals surface area (Å²) in [6.45, 7) is 5.09. The van der Waals surface area contributed by atoms with Crippen LogP contribution in [0.2, 0.25) is 0 Å². The van der Waals surface area contributed by atoms with Crippen LogP contribution in [-0.4, -0.2) is 32.1 Å². The Morgan fingerprint density at radius 2 is 1.86 bits per heavy atom. The molecule has 35 heavy (non-hydrogen) atoms. The van der Waals surface area contributed by atoms with Gasteiger partial charge in [0.1, 0.15) is 16.9 Å². The fourth-order valence-electron chi connectivity index (χ4n) is 3.22. The fraction of sp³-hybridized carbons (Fsp3) is 0.296. The molecule has 2 aromatic carbocycles. The minimum atomic E-state index is -0.754. The molecule has 184 valence electrons. The molecule has 0 aliphatic heterocycles. The number of carbonyl (C=O) groups excluding carboxylic acids is 2. The molecular formula is C27H29NO7. The van der Waals surface area contributed by atoms with Gasteiger partial charge in [-0.25, -0.2) is 9.59 Å². The van der Waals surface area contributed by atoms with E-state index in [0.717, 1.165) is 24.8 Å². The van der Waals surface area contributed by atoms with Gasteiger partial charge in [0.05, 0.1) is 13.7 Å². The third kappa shape index (κ3) is 6.96. The van der Waals surface area contributed by atoms with Crippen molar-refractivity contribution < 1.29 is 28.2 Å². The first kappa shape index (κ1) is 25.6. The molecule has 0 saturated carbocycles. The van der Waals surface area contributed by atoms with Crippen LogP contribution in [0.1, 0.15) is 49.0 Å². The number of carbonyl (C=O) groups is 2. The van der Waals surface area contributed by atoms with Crippen molar-refractivity contribution in [2.45, 2.75) is 33.1 Å². The molecule has 0 saturated heterocycles. The summed E-state index contributed by atoms with van der Waals surface area (Å²) in [7, 11) is 1.55. The van der Waals surface area contributed by atoms with Crippen molar-refractivity contribution in [3.63, 3.8) is 0 Å². The van der Waals surface area contributed by atoms with Gasteiger partial charge in [0.15, 0.2) is 11.5 Å². The lowest BCUT2D eigenvalue weighted by atomic mass is 10.1. The maximum Gasteiger partial charge on any atom is 0.349 e. The summed E-state index contributed by atoms with van der Waals surface area (Å²) < 4.78 is 21.6. The molecule has 1 N–H and O–H groups in total. The predicted molar refractivity (Wildman–Crippen MR) is 133 cm³/mol. The molecule has 3 rings (SSSR count). The van der Waals surface area contributed by atoms with Crippen LogP contribution in [-0.2, 0) is 4.79 Å². The van der Waals surface area contributed by atoms with Crippen LogP contribution in [0, 0.1) is 0 Å². The molecule has 1 aromatic heterocycles. The Morgan fingerprint density at radius 3 is 2.60 bits per heavy atom. The van der Waals surface area contributed by atoms with Crippen molar-refractivity contribution in [2.24, 2.45) is 0 Å². The average molecular weight is 480 g/mol. The third-order valence-corrected chi connectivity index (χ3v) is 5.05. The maximum absolute atomic E-state index is 12.3. The predicted octanol–water partition coefficient (Wildman–Crippen LogP) is 4.74. The van der Waals surface area contributed by atoms with Gasteiger partial charge in [-0.1, -0.05) is 26.3 Å². The van der Waals surface area contributed by atoms with Gasteiger partial charge in [-0.15, -0.1) is 0 Å². The Labute approximate surface area is 203 Å². The number of esters is 1. The number of fused-ring (bicyclic) bond motifs is 1. The average Bonchev–Trinajstić information content (AvgIpc) is 2.86. The van der Waals surface area contributed by atoms with Crippen LogP contribution >= 0.6 is 0 Å². The minimum absolute atomic E-state index is 0.0668. The summed E-state index contributed by atoms with van der Waals surface area (Å²) in [4.78, 5) is 36.8. The number of nitrogens with one attached hydrogen (secondary N) is 1. The van der Waals surface area contributed by atoms with E-state index >= 15 is 0 Å². The van der Waals surface area contributed by atoms with Crippen LogP contribution in [0.5, 0.6) is 17.2 Å². The van der Waals surface area contributed by atoms with Gasteiger partial charge in [0.2, 0.25) is 0 Å². The lowest BCUT2D eigenvalue weighted by Crippen LogP contribution is -2.28. The summed E-state index contributed by atoms with van der Waals surface area (Å²) in [5.41, 5.74) is 0.122. The number of hydrogen-bond donors (Lipinski definition) is 1. The molecule has 1 amide bonds. The van der Waals surface area contributed by atoms with E-state index < -0.39 is 17.5 Å². The fourth-order valence-corrected chi connectivity index (χ4v) is 3.22. The number of ether oxygens (including phenoxy) is 3. The molecule has 0 fully saturated rings. The lowest BCUT2D eigenvalue weighted by Gasteiger charge is -2.10. The summed E-state index contributed by atoms with van der Waals surface area (Å²) >= 11 is 0. The molecule has 8 nitrogen and oxygen atoms in total. The van der Waals surface area contributed by atoms with Gasteiger partial charge in [-0.05, 0) is 54.8 Å². The Kier molecular flexibility index (Phi) is 9.06. The molecule has 0 radical (unpaired) electrons. The molecular weight excluding hydrogens is 450 g/mol. The van der Waals surface area contributed by atoms with E-state index in [2.05, 4.69) is 5.32 Å². The summed E-state index contributed by atoms with van der Waals surface area (Å²) in [5, 5.41) is 3.24. The first-order valence-electron chi connectivity index (χ1n) is 11.5. The molecule has 0 unspecified atom stereocenters. The molecule has 1 heterocycles. The Morgan fingerprint density at radius 1 is 1.03 bits per heavy atom. The van der Waals surface area contributed by atoms with Gasteiger partial charge in [0.25, 0.3) is 5.91 Å². The number of hydrogen-bond acceptors (Lipinski definition) is 7. The van der Waals surface area contributed by atoms with Gasteiger partial charge in [0, 0.05) is 24.1 Å². The molecule has 0 spiro atoms. The monoisotopic (exact) mass is 479 g/mol. The Hall–Kier alpha value is -4.07. The van der Waals surface area contributed by atoms with Crippen molar-refractivity contribution in [3.8, 4) is 17.2 Å². The SMILES string of the molecule is CCCCNC(=O)c1cc2ccc(OC(=O)/C=C/c3ccc(OCCC)c(OC)c3)cc2oc1=O. The molecule has 0 atom stereocenters. The number of rotatable bonds is 11. The highest BCUT2D eigenvalue weighted by Crippen LogP contribution is 2.28. The smallest absolute Gasteiger partial charge is 0.349 e. The maximum atomic E-state index is 12.3. The summed E-state index contributed by atoms with van der Waals surface area (Å²) in [6.07, 6.45) is 5.51. The largest absolute Gasteiger partial charge is 0.493 e. The molecule has 3 aromatic rings. The van der Waals surface area contributed by atoms with Crippen molar-refractivity contribution >= 4 is 28.9 Å². The van der Waals surface area contributed by atoms with E-state index in [4.69, 9.17) is 18.6 Å². The Balaban J connectivity index is 1.69. The van der Waals surface area contributed by atoms with Crippen LogP contribution in [0.4, 0.5) is 0 Å². The van der Waals surface area contributed by atoms with Crippen LogP contribution in [0.15, 0.2) is 57.8 Å². The van der Waals surface area contributed by atoms with E-state index in [9.17, 15) is 14.4 Å². The quantitative estimate of drug-likeness (QED) is 0.139. The van der Waals surface area contributed by atoms with Crippen molar-refractivity contribution in [1.29, 1.82) is 0 Å². The number of methoxy groups -OCH3 is 1. The van der Waals surface area contributed by atoms with Gasteiger partial charge < -0.3 is 23.9 Å². The van der Waals surface area contributed by atoms with E-state index in [1.54, 1.807) is 43.5 Å². The molecule has 0 aliphatic rings. The number of unbranched alkanes of at least 4 members (excludes halogenated alkanes) is 1. The first-order chi connectivity index (χ1) is 16.9. The van der Waals surface area contributed by atoms with Crippen LogP contribution in [0.3, 0.4) is 0 Å². The topological polar surface area (TPSA) is 104 Å². The van der Waals surface area contributed by atoms with E-state index in [-0.39, 0.29) is 16.9 Å². The summed E-state index contributed by atoms with van der Waals surface area (Å²) in [5.74, 6) is 0.321. The molecule has 0 aliphatic carbocycles. The van der Waals surface area contributed by atoms with Crippen LogP contribution in [0.25, 0.3) is 17.0 Å². The highest BCUT2D eigenvalue weighted by molar-refractivity contribution is 5.97. The second-order valence-corrected chi connectivity index (χ2v) is 7.77. The van der Waals surface area contributed by atoms with E-state index in [1.807, 2.05) is 13.8 Å². The third-order valence-electron chi connectivity index (χ3n) is 5.05. The van der Waals surface area contributed by atoms with Crippen molar-refractivity contribution in [2.75, 3.05) is 20.3 Å². The van der Waals surface area contributed by atoms with Crippen LogP contribution < -0.4 is 25.2 Å². The van der Waals surface area contributed by atoms with Crippen molar-refractivity contribution in [3.05, 3.63) is 70.1 Å². The molecule has 0 bridgehead atoms. The zero-order valence-electron chi connectivity index (χ0n) is 20.1. The molecule has 8 heteroatoms. The Bertz CT molecular complexity index is 1280. The standard InChI is InChI=1S/C27H29NO7/c1-4-6-13-28-26(30)21-16-19-9-10-20(17-23(19)35-27(21)31)34-25(29)12-8-18-7-11-22(33-14-5-2)24(15-18)32-3/h7-12,15-17H,4-6,13-14H2,1-3H3,(H,28,30)/b12-8+. The van der Waals surface area contributed by atoms with Gasteiger partial charge in [-0.2, -0.15) is 0 Å².